The predicted molar refractivity (Wildman–Crippen MR) is 65.8 cm³/mol. The van der Waals surface area contributed by atoms with Crippen molar-refractivity contribution in [1.29, 1.82) is 0 Å². The molecule has 0 fully saturated rings. The zero-order chi connectivity index (χ0) is 13.9. The van der Waals surface area contributed by atoms with Gasteiger partial charge in [0.2, 0.25) is 0 Å². The second-order valence-electron chi connectivity index (χ2n) is 3.73. The van der Waals surface area contributed by atoms with Crippen molar-refractivity contribution in [1.82, 2.24) is 9.97 Å². The maximum atomic E-state index is 12.4. The lowest BCUT2D eigenvalue weighted by molar-refractivity contribution is -0.137. The molecule has 0 amide bonds. The maximum Gasteiger partial charge on any atom is 0.417 e. The van der Waals surface area contributed by atoms with E-state index in [2.05, 4.69) is 15.3 Å². The fraction of sp³-hybridized carbons (Fsp3) is 0.167. The van der Waals surface area contributed by atoms with E-state index in [1.165, 1.54) is 0 Å². The standard InChI is InChI=1S/C12H9ClF3N3/c13-10-5-8(12(14,15)16)6-18-11(10)19-7-9-3-1-2-4-17-9/h1-6H,7H2,(H,18,19). The van der Waals surface area contributed by atoms with Gasteiger partial charge in [-0.15, -0.1) is 0 Å². The Hall–Kier alpha value is -1.82. The zero-order valence-electron chi connectivity index (χ0n) is 9.58. The summed E-state index contributed by atoms with van der Waals surface area (Å²) in [6.07, 6.45) is -2.08. The molecular formula is C12H9ClF3N3. The fourth-order valence-electron chi connectivity index (χ4n) is 1.40. The summed E-state index contributed by atoms with van der Waals surface area (Å²) in [6.45, 7) is 0.332. The Balaban J connectivity index is 2.10. The maximum absolute atomic E-state index is 12.4. The van der Waals surface area contributed by atoms with Crippen LogP contribution >= 0.6 is 11.6 Å². The molecule has 3 nitrogen and oxygen atoms in total. The summed E-state index contributed by atoms with van der Waals surface area (Å²) in [4.78, 5) is 7.74. The first-order valence-electron chi connectivity index (χ1n) is 5.33. The normalized spacial score (nSPS) is 11.4. The average molecular weight is 288 g/mol. The highest BCUT2D eigenvalue weighted by Gasteiger charge is 2.31. The second kappa shape index (κ2) is 5.44. The van der Waals surface area contributed by atoms with E-state index in [1.54, 1.807) is 18.3 Å². The highest BCUT2D eigenvalue weighted by molar-refractivity contribution is 6.32. The molecule has 0 aromatic carbocycles. The molecule has 0 aliphatic carbocycles. The van der Waals surface area contributed by atoms with Crippen LogP contribution in [0.15, 0.2) is 36.7 Å². The van der Waals surface area contributed by atoms with Crippen LogP contribution in [0.2, 0.25) is 5.02 Å². The molecule has 7 heteroatoms. The third-order valence-corrected chi connectivity index (χ3v) is 2.62. The van der Waals surface area contributed by atoms with Crippen LogP contribution in [0, 0.1) is 0 Å². The monoisotopic (exact) mass is 287 g/mol. The summed E-state index contributed by atoms with van der Waals surface area (Å²) in [7, 11) is 0. The number of anilines is 1. The van der Waals surface area contributed by atoms with Crippen molar-refractivity contribution >= 4 is 17.4 Å². The number of hydrogen-bond donors (Lipinski definition) is 1. The average Bonchev–Trinajstić information content (AvgIpc) is 2.37. The van der Waals surface area contributed by atoms with Crippen LogP contribution in [-0.2, 0) is 12.7 Å². The van der Waals surface area contributed by atoms with E-state index in [4.69, 9.17) is 11.6 Å². The zero-order valence-corrected chi connectivity index (χ0v) is 10.3. The molecule has 0 aliphatic rings. The molecule has 2 rings (SSSR count). The van der Waals surface area contributed by atoms with E-state index in [1.807, 2.05) is 6.07 Å². The van der Waals surface area contributed by atoms with Gasteiger partial charge in [0, 0.05) is 12.4 Å². The minimum atomic E-state index is -4.45. The SMILES string of the molecule is FC(F)(F)c1cnc(NCc2ccccn2)c(Cl)c1. The van der Waals surface area contributed by atoms with Gasteiger partial charge < -0.3 is 5.32 Å². The largest absolute Gasteiger partial charge is 0.417 e. The Morgan fingerprint density at radius 1 is 1.21 bits per heavy atom. The number of alkyl halides is 3. The third-order valence-electron chi connectivity index (χ3n) is 2.33. The van der Waals surface area contributed by atoms with Crippen LogP contribution in [0.25, 0.3) is 0 Å². The minimum absolute atomic E-state index is 0.0780. The van der Waals surface area contributed by atoms with Gasteiger partial charge in [-0.2, -0.15) is 13.2 Å². The molecule has 0 unspecified atom stereocenters. The summed E-state index contributed by atoms with van der Waals surface area (Å²) < 4.78 is 37.3. The summed E-state index contributed by atoms with van der Waals surface area (Å²) in [6, 6.07) is 6.21. The van der Waals surface area contributed by atoms with E-state index in [9.17, 15) is 13.2 Å². The van der Waals surface area contributed by atoms with E-state index >= 15 is 0 Å². The molecule has 0 saturated heterocycles. The summed E-state index contributed by atoms with van der Waals surface area (Å²) in [5.74, 6) is 0.195. The first-order chi connectivity index (χ1) is 8.97. The molecular weight excluding hydrogens is 279 g/mol. The molecule has 2 aromatic heterocycles. The third kappa shape index (κ3) is 3.57. The first-order valence-corrected chi connectivity index (χ1v) is 5.71. The molecule has 0 radical (unpaired) electrons. The van der Waals surface area contributed by atoms with Gasteiger partial charge in [-0.25, -0.2) is 4.98 Å². The molecule has 0 saturated carbocycles. The fourth-order valence-corrected chi connectivity index (χ4v) is 1.63. The van der Waals surface area contributed by atoms with Gasteiger partial charge in [0.25, 0.3) is 0 Å². The van der Waals surface area contributed by atoms with Crippen LogP contribution in [0.5, 0.6) is 0 Å². The van der Waals surface area contributed by atoms with Crippen molar-refractivity contribution in [3.63, 3.8) is 0 Å². The first kappa shape index (κ1) is 13.6. The van der Waals surface area contributed by atoms with E-state index in [0.29, 0.717) is 6.54 Å². The topological polar surface area (TPSA) is 37.8 Å². The van der Waals surface area contributed by atoms with Crippen molar-refractivity contribution in [2.75, 3.05) is 5.32 Å². The van der Waals surface area contributed by atoms with Crippen LogP contribution < -0.4 is 5.32 Å². The highest BCUT2D eigenvalue weighted by atomic mass is 35.5. The number of pyridine rings is 2. The van der Waals surface area contributed by atoms with Gasteiger partial charge in [0.1, 0.15) is 5.82 Å². The van der Waals surface area contributed by atoms with Gasteiger partial charge in [-0.1, -0.05) is 17.7 Å². The summed E-state index contributed by atoms with van der Waals surface area (Å²) in [5.41, 5.74) is -0.138. The van der Waals surface area contributed by atoms with Gasteiger partial charge in [0.15, 0.2) is 0 Å². The Labute approximate surface area is 112 Å². The lowest BCUT2D eigenvalue weighted by Crippen LogP contribution is -2.08. The highest BCUT2D eigenvalue weighted by Crippen LogP contribution is 2.32. The molecule has 2 aromatic rings. The van der Waals surface area contributed by atoms with E-state index in [-0.39, 0.29) is 10.8 Å². The molecule has 1 N–H and O–H groups in total. The van der Waals surface area contributed by atoms with Gasteiger partial charge in [0.05, 0.1) is 22.8 Å². The number of halogens is 4. The molecule has 0 aliphatic heterocycles. The number of aromatic nitrogens is 2. The Kier molecular flexibility index (Phi) is 3.90. The second-order valence-corrected chi connectivity index (χ2v) is 4.13. The number of rotatable bonds is 3. The van der Waals surface area contributed by atoms with Gasteiger partial charge >= 0.3 is 6.18 Å². The lowest BCUT2D eigenvalue weighted by Gasteiger charge is -2.10. The van der Waals surface area contributed by atoms with Gasteiger partial charge in [-0.05, 0) is 18.2 Å². The van der Waals surface area contributed by atoms with Crippen molar-refractivity contribution in [3.8, 4) is 0 Å². The van der Waals surface area contributed by atoms with Crippen molar-refractivity contribution in [3.05, 3.63) is 52.9 Å². The molecule has 100 valence electrons. The number of nitrogens with zero attached hydrogens (tertiary/aromatic N) is 2. The molecule has 19 heavy (non-hydrogen) atoms. The number of hydrogen-bond acceptors (Lipinski definition) is 3. The quantitative estimate of drug-likeness (QED) is 0.934. The van der Waals surface area contributed by atoms with Crippen molar-refractivity contribution in [2.24, 2.45) is 0 Å². The molecule has 0 spiro atoms. The van der Waals surface area contributed by atoms with Crippen LogP contribution in [0.1, 0.15) is 11.3 Å². The predicted octanol–water partition coefficient (Wildman–Crippen LogP) is 3.76. The van der Waals surface area contributed by atoms with Crippen LogP contribution in [-0.4, -0.2) is 9.97 Å². The van der Waals surface area contributed by atoms with Crippen LogP contribution in [0.3, 0.4) is 0 Å². The van der Waals surface area contributed by atoms with Crippen LogP contribution in [0.4, 0.5) is 19.0 Å². The van der Waals surface area contributed by atoms with Crippen molar-refractivity contribution < 1.29 is 13.2 Å². The van der Waals surface area contributed by atoms with Crippen molar-refractivity contribution in [2.45, 2.75) is 12.7 Å². The van der Waals surface area contributed by atoms with E-state index < -0.39 is 11.7 Å². The summed E-state index contributed by atoms with van der Waals surface area (Å²) >= 11 is 5.76. The molecule has 0 atom stereocenters. The molecule has 2 heterocycles. The van der Waals surface area contributed by atoms with Gasteiger partial charge in [-0.3, -0.25) is 4.98 Å². The minimum Gasteiger partial charge on any atom is -0.363 e. The Morgan fingerprint density at radius 2 is 2.00 bits per heavy atom. The Bertz CT molecular complexity index is 558. The smallest absolute Gasteiger partial charge is 0.363 e. The molecule has 0 bridgehead atoms. The lowest BCUT2D eigenvalue weighted by atomic mass is 10.2. The van der Waals surface area contributed by atoms with E-state index in [0.717, 1.165) is 18.0 Å². The Morgan fingerprint density at radius 3 is 2.58 bits per heavy atom. The summed E-state index contributed by atoms with van der Waals surface area (Å²) in [5, 5.41) is 2.76. The number of nitrogens with one attached hydrogen (secondary N) is 1.